The van der Waals surface area contributed by atoms with E-state index in [2.05, 4.69) is 69.6 Å². The number of ether oxygens (including phenoxy) is 1. The van der Waals surface area contributed by atoms with Crippen molar-refractivity contribution >= 4 is 78.4 Å². The van der Waals surface area contributed by atoms with Gasteiger partial charge in [-0.2, -0.15) is 13.4 Å². The monoisotopic (exact) mass is 745 g/mol. The molecule has 2 saturated heterocycles. The second-order valence-corrected chi connectivity index (χ2v) is 17.2. The van der Waals surface area contributed by atoms with Gasteiger partial charge in [0.25, 0.3) is 10.1 Å². The number of benzene rings is 2. The van der Waals surface area contributed by atoms with E-state index in [-0.39, 0.29) is 0 Å². The molecule has 0 saturated carbocycles. The lowest BCUT2D eigenvalue weighted by Crippen LogP contribution is -2.61. The van der Waals surface area contributed by atoms with Gasteiger partial charge >= 0.3 is 0 Å². The Morgan fingerprint density at radius 2 is 1.81 bits per heavy atom. The Balaban J connectivity index is 1.26. The maximum atomic E-state index is 14.0. The first-order chi connectivity index (χ1) is 22.4. The van der Waals surface area contributed by atoms with Crippen molar-refractivity contribution in [2.75, 3.05) is 81.2 Å². The van der Waals surface area contributed by atoms with E-state index < -0.39 is 23.6 Å². The van der Waals surface area contributed by atoms with Crippen LogP contribution in [-0.2, 0) is 18.9 Å². The number of aryl methyl sites for hydroxylation is 1. The van der Waals surface area contributed by atoms with Crippen LogP contribution in [0, 0.1) is 6.92 Å². The van der Waals surface area contributed by atoms with Crippen molar-refractivity contribution in [3.05, 3.63) is 52.9 Å². The Kier molecular flexibility index (Phi) is 9.70. The number of methoxy groups -OCH3 is 1. The second-order valence-electron chi connectivity index (χ2n) is 11.8. The van der Waals surface area contributed by atoms with E-state index >= 15 is 0 Å². The summed E-state index contributed by atoms with van der Waals surface area (Å²) in [6, 6.07) is 8.17. The Bertz CT molecular complexity index is 1960. The van der Waals surface area contributed by atoms with Crippen molar-refractivity contribution in [1.29, 1.82) is 0 Å². The van der Waals surface area contributed by atoms with E-state index in [1.165, 1.54) is 19.1 Å². The van der Waals surface area contributed by atoms with Gasteiger partial charge in [0.15, 0.2) is 0 Å². The van der Waals surface area contributed by atoms with Gasteiger partial charge in [-0.3, -0.25) is 19.1 Å². The Morgan fingerprint density at radius 3 is 2.49 bits per heavy atom. The smallest absolute Gasteiger partial charge is 0.264 e. The predicted molar refractivity (Wildman–Crippen MR) is 188 cm³/mol. The van der Waals surface area contributed by atoms with Gasteiger partial charge in [0.1, 0.15) is 30.6 Å². The van der Waals surface area contributed by atoms with E-state index in [1.54, 1.807) is 25.4 Å². The molecule has 3 N–H and O–H groups in total. The fourth-order valence-corrected chi connectivity index (χ4v) is 9.02. The fourth-order valence-electron chi connectivity index (χ4n) is 5.77. The molecule has 0 spiro atoms. The van der Waals surface area contributed by atoms with E-state index in [4.69, 9.17) is 13.9 Å². The van der Waals surface area contributed by atoms with E-state index in [0.29, 0.717) is 55.7 Å². The Hall–Kier alpha value is -3.40. The van der Waals surface area contributed by atoms with Crippen LogP contribution in [0.2, 0.25) is 0 Å². The lowest BCUT2D eigenvalue weighted by atomic mass is 10.1. The number of aromatic nitrogens is 4. The summed E-state index contributed by atoms with van der Waals surface area (Å²) in [4.78, 5) is 22.9. The third-order valence-corrected chi connectivity index (χ3v) is 11.6. The Labute approximate surface area is 282 Å². The molecule has 2 aromatic carbocycles. The van der Waals surface area contributed by atoms with Gasteiger partial charge in [-0.05, 0) is 53.3 Å². The number of halogens is 1. The van der Waals surface area contributed by atoms with Crippen molar-refractivity contribution in [1.82, 2.24) is 30.2 Å². The highest BCUT2D eigenvalue weighted by atomic mass is 79.9. The topological polar surface area (TPSA) is 164 Å². The number of nitrogens with zero attached hydrogens (tertiary/aromatic N) is 6. The molecule has 0 aliphatic carbocycles. The standard InChI is InChI=1S/C30H37BrN9O5PS/c1-19-13-24(26(44-2)14-25(19)40-11-9-39(10-12-40)20-15-32-16-20)37-30-35-17-21(31)29(38-30)36-23-6-5-22-27(34-8-7-33-22)28(23)46(3,41)18-45-47(4,42)43/h5-8,13-14,17,20,32H,9-12,15-16,18H2,1-4H3,(H2,35,36,37,38). The molecule has 47 heavy (non-hydrogen) atoms. The molecule has 2 aromatic heterocycles. The first-order valence-corrected chi connectivity index (χ1v) is 20.0. The average Bonchev–Trinajstić information content (AvgIpc) is 3.01. The molecule has 14 nitrogen and oxygen atoms in total. The molecule has 0 radical (unpaired) electrons. The molecule has 2 aliphatic rings. The third kappa shape index (κ3) is 7.53. The molecular weight excluding hydrogens is 709 g/mol. The highest BCUT2D eigenvalue weighted by Crippen LogP contribution is 2.45. The number of rotatable bonds is 11. The van der Waals surface area contributed by atoms with Gasteiger partial charge in [-0.1, -0.05) is 0 Å². The molecule has 2 aliphatic heterocycles. The first-order valence-electron chi connectivity index (χ1n) is 15.0. The van der Waals surface area contributed by atoms with Crippen LogP contribution >= 0.6 is 23.1 Å². The van der Waals surface area contributed by atoms with Crippen molar-refractivity contribution < 1.29 is 21.9 Å². The van der Waals surface area contributed by atoms with Crippen LogP contribution < -0.4 is 30.9 Å². The zero-order valence-corrected chi connectivity index (χ0v) is 29.8. The Morgan fingerprint density at radius 1 is 1.06 bits per heavy atom. The molecule has 0 amide bonds. The van der Waals surface area contributed by atoms with Crippen molar-refractivity contribution in [3.63, 3.8) is 0 Å². The maximum absolute atomic E-state index is 14.0. The number of anilines is 5. The third-order valence-electron chi connectivity index (χ3n) is 8.29. The molecule has 1 unspecified atom stereocenters. The van der Waals surface area contributed by atoms with Crippen LogP contribution in [-0.4, -0.2) is 105 Å². The molecule has 0 bridgehead atoms. The second kappa shape index (κ2) is 13.6. The number of hydrogen-bond donors (Lipinski definition) is 3. The molecule has 1 atom stereocenters. The molecule has 4 heterocycles. The van der Waals surface area contributed by atoms with E-state index in [0.717, 1.165) is 56.8 Å². The lowest BCUT2D eigenvalue weighted by Gasteiger charge is -2.44. The highest BCUT2D eigenvalue weighted by Gasteiger charge is 2.30. The van der Waals surface area contributed by atoms with Crippen LogP contribution in [0.4, 0.5) is 28.8 Å². The predicted octanol–water partition coefficient (Wildman–Crippen LogP) is 3.63. The molecule has 250 valence electrons. The van der Waals surface area contributed by atoms with Gasteiger partial charge in [0, 0.05) is 75.7 Å². The molecule has 17 heteroatoms. The van der Waals surface area contributed by atoms with Crippen molar-refractivity contribution in [2.24, 2.45) is 0 Å². The summed E-state index contributed by atoms with van der Waals surface area (Å²) in [5.41, 5.74) is 4.22. The summed E-state index contributed by atoms with van der Waals surface area (Å²) >= 11 is 3.52. The van der Waals surface area contributed by atoms with Crippen LogP contribution in [0.1, 0.15) is 5.56 Å². The van der Waals surface area contributed by atoms with Gasteiger partial charge in [-0.25, -0.2) is 4.98 Å². The van der Waals surface area contributed by atoms with Gasteiger partial charge < -0.3 is 30.2 Å². The van der Waals surface area contributed by atoms with Gasteiger partial charge in [0.2, 0.25) is 5.95 Å². The first kappa shape index (κ1) is 33.5. The summed E-state index contributed by atoms with van der Waals surface area (Å²) in [6.07, 6.45) is 5.00. The number of fused-ring (bicyclic) bond motifs is 1. The van der Waals surface area contributed by atoms with E-state index in [1.807, 2.05) is 6.07 Å². The number of piperazine rings is 1. The number of hydrogen-bond acceptors (Lipinski definition) is 14. The summed E-state index contributed by atoms with van der Waals surface area (Å²) in [5, 5.41) is 10.2. The quantitative estimate of drug-likeness (QED) is 0.151. The number of nitrogens with one attached hydrogen (secondary N) is 3. The molecular formula is C30H37BrN9O5PS. The molecule has 2 fully saturated rings. The summed E-state index contributed by atoms with van der Waals surface area (Å²) < 4.78 is 48.9. The molecule has 4 aromatic rings. The average molecular weight is 747 g/mol. The van der Waals surface area contributed by atoms with Gasteiger partial charge in [-0.15, -0.1) is 0 Å². The van der Waals surface area contributed by atoms with Crippen LogP contribution in [0.25, 0.3) is 11.0 Å². The minimum Gasteiger partial charge on any atom is -0.494 e. The largest absolute Gasteiger partial charge is 0.494 e. The van der Waals surface area contributed by atoms with Crippen LogP contribution in [0.5, 0.6) is 5.75 Å². The van der Waals surface area contributed by atoms with Crippen molar-refractivity contribution in [3.8, 4) is 5.75 Å². The zero-order valence-electron chi connectivity index (χ0n) is 26.5. The fraction of sp³-hybridized carbons (Fsp3) is 0.400. The zero-order chi connectivity index (χ0) is 33.3. The minimum absolute atomic E-state index is 0.296. The summed E-state index contributed by atoms with van der Waals surface area (Å²) in [7, 11) is -5.65. The molecule has 6 rings (SSSR count). The lowest BCUT2D eigenvalue weighted by molar-refractivity contribution is 0.138. The van der Waals surface area contributed by atoms with E-state index in [9.17, 15) is 13.0 Å². The summed E-state index contributed by atoms with van der Waals surface area (Å²) in [6.45, 7) is 9.63. The van der Waals surface area contributed by atoms with Gasteiger partial charge in [0.05, 0.1) is 40.0 Å². The van der Waals surface area contributed by atoms with Crippen LogP contribution in [0.3, 0.4) is 0 Å². The normalized spacial score (nSPS) is 17.3. The maximum Gasteiger partial charge on any atom is 0.264 e. The SMILES string of the molecule is COc1cc(N2CCN(C3CNC3)CC2)c(C)cc1Nc1ncc(Br)c(Nc2ccc3nccnc3c2P(C)(=O)COS(C)(=O)=O)n1. The summed E-state index contributed by atoms with van der Waals surface area (Å²) in [5.74, 6) is 1.33. The van der Waals surface area contributed by atoms with Crippen LogP contribution in [0.15, 0.2) is 47.3 Å². The highest BCUT2D eigenvalue weighted by molar-refractivity contribution is 9.10. The minimum atomic E-state index is -3.84. The van der Waals surface area contributed by atoms with Crippen molar-refractivity contribution in [2.45, 2.75) is 13.0 Å².